The van der Waals surface area contributed by atoms with E-state index in [2.05, 4.69) is 20.7 Å². The van der Waals surface area contributed by atoms with Crippen LogP contribution in [-0.2, 0) is 16.1 Å². The number of esters is 1. The Morgan fingerprint density at radius 2 is 1.91 bits per heavy atom. The van der Waals surface area contributed by atoms with E-state index in [0.29, 0.717) is 26.9 Å². The Morgan fingerprint density at radius 1 is 1.22 bits per heavy atom. The zero-order chi connectivity index (χ0) is 16.8. The highest BCUT2D eigenvalue weighted by Gasteiger charge is 2.09. The number of hydrogen-bond acceptors (Lipinski definition) is 3. The predicted molar refractivity (Wildman–Crippen MR) is 96.0 cm³/mol. The van der Waals surface area contributed by atoms with Gasteiger partial charge in [-0.2, -0.15) is 0 Å². The topological polar surface area (TPSA) is 35.5 Å². The highest BCUT2D eigenvalue weighted by molar-refractivity contribution is 9.10. The third kappa shape index (κ3) is 5.27. The quantitative estimate of drug-likeness (QED) is 0.476. The number of methoxy groups -OCH3 is 1. The summed E-state index contributed by atoms with van der Waals surface area (Å²) in [5, 5.41) is 1.12. The first-order valence-corrected chi connectivity index (χ1v) is 8.17. The number of halogens is 3. The number of rotatable bonds is 5. The van der Waals surface area contributed by atoms with Crippen molar-refractivity contribution in [3.05, 3.63) is 68.1 Å². The molecule has 0 amide bonds. The average molecular weight is 416 g/mol. The number of ether oxygens (including phenoxy) is 2. The van der Waals surface area contributed by atoms with Crippen LogP contribution in [0.1, 0.15) is 11.1 Å². The maximum Gasteiger partial charge on any atom is 0.330 e. The van der Waals surface area contributed by atoms with E-state index in [1.807, 2.05) is 18.2 Å². The average Bonchev–Trinajstić information content (AvgIpc) is 2.53. The molecule has 0 fully saturated rings. The number of hydrogen-bond donors (Lipinski definition) is 0. The second-order valence-electron chi connectivity index (χ2n) is 4.59. The van der Waals surface area contributed by atoms with Crippen molar-refractivity contribution in [3.8, 4) is 5.75 Å². The third-order valence-corrected chi connectivity index (χ3v) is 4.05. The molecule has 2 rings (SSSR count). The van der Waals surface area contributed by atoms with Crippen molar-refractivity contribution in [2.24, 2.45) is 0 Å². The van der Waals surface area contributed by atoms with E-state index in [1.54, 1.807) is 24.3 Å². The van der Waals surface area contributed by atoms with Gasteiger partial charge in [0.05, 0.1) is 16.6 Å². The molecule has 2 aromatic carbocycles. The summed E-state index contributed by atoms with van der Waals surface area (Å²) in [4.78, 5) is 11.1. The summed E-state index contributed by atoms with van der Waals surface area (Å²) >= 11 is 15.5. The summed E-state index contributed by atoms with van der Waals surface area (Å²) in [6.07, 6.45) is 2.94. The Kier molecular flexibility index (Phi) is 6.51. The monoisotopic (exact) mass is 414 g/mol. The van der Waals surface area contributed by atoms with Gasteiger partial charge in [-0.1, -0.05) is 35.3 Å². The summed E-state index contributed by atoms with van der Waals surface area (Å²) in [5.74, 6) is 0.108. The minimum atomic E-state index is -0.430. The minimum Gasteiger partial charge on any atom is -0.486 e. The highest BCUT2D eigenvalue weighted by Crippen LogP contribution is 2.35. The molecule has 0 N–H and O–H groups in total. The fourth-order valence-corrected chi connectivity index (χ4v) is 2.90. The molecule has 0 bridgehead atoms. The lowest BCUT2D eigenvalue weighted by atomic mass is 10.2. The Bertz CT molecular complexity index is 704. The molecule has 0 atom stereocenters. The van der Waals surface area contributed by atoms with Gasteiger partial charge in [-0.05, 0) is 57.4 Å². The third-order valence-electron chi connectivity index (χ3n) is 2.93. The van der Waals surface area contributed by atoms with Crippen LogP contribution in [0.25, 0.3) is 6.08 Å². The van der Waals surface area contributed by atoms with Crippen LogP contribution in [0.2, 0.25) is 10.0 Å². The molecule has 0 saturated carbocycles. The van der Waals surface area contributed by atoms with Gasteiger partial charge in [-0.3, -0.25) is 0 Å². The predicted octanol–water partition coefficient (Wildman–Crippen LogP) is 5.52. The summed E-state index contributed by atoms with van der Waals surface area (Å²) in [6, 6.07) is 10.9. The van der Waals surface area contributed by atoms with Crippen LogP contribution in [0.5, 0.6) is 5.75 Å². The van der Waals surface area contributed by atoms with Gasteiger partial charge in [0.15, 0.2) is 5.75 Å². The van der Waals surface area contributed by atoms with Crippen LogP contribution >= 0.6 is 39.1 Å². The molecule has 120 valence electrons. The van der Waals surface area contributed by atoms with Gasteiger partial charge in [0.25, 0.3) is 0 Å². The Morgan fingerprint density at radius 3 is 2.52 bits per heavy atom. The smallest absolute Gasteiger partial charge is 0.330 e. The van der Waals surface area contributed by atoms with Crippen molar-refractivity contribution in [2.75, 3.05) is 7.11 Å². The molecule has 0 radical (unpaired) electrons. The maximum atomic E-state index is 11.1. The van der Waals surface area contributed by atoms with Crippen LogP contribution in [0, 0.1) is 0 Å². The zero-order valence-corrected chi connectivity index (χ0v) is 15.3. The number of carbonyl (C=O) groups excluding carboxylic acids is 1. The molecular weight excluding hydrogens is 403 g/mol. The lowest BCUT2D eigenvalue weighted by Gasteiger charge is -2.11. The second kappa shape index (κ2) is 8.39. The molecule has 2 aromatic rings. The lowest BCUT2D eigenvalue weighted by Crippen LogP contribution is -1.97. The van der Waals surface area contributed by atoms with Crippen molar-refractivity contribution in [1.82, 2.24) is 0 Å². The van der Waals surface area contributed by atoms with E-state index < -0.39 is 5.97 Å². The first-order valence-electron chi connectivity index (χ1n) is 6.62. The Balaban J connectivity index is 2.12. The van der Waals surface area contributed by atoms with Gasteiger partial charge < -0.3 is 9.47 Å². The van der Waals surface area contributed by atoms with Crippen molar-refractivity contribution < 1.29 is 14.3 Å². The Labute approximate surface area is 152 Å². The second-order valence-corrected chi connectivity index (χ2v) is 6.28. The first-order chi connectivity index (χ1) is 11.0. The van der Waals surface area contributed by atoms with Gasteiger partial charge in [0.2, 0.25) is 0 Å². The zero-order valence-electron chi connectivity index (χ0n) is 12.2. The molecule has 23 heavy (non-hydrogen) atoms. The molecule has 0 spiro atoms. The summed E-state index contributed by atoms with van der Waals surface area (Å²) < 4.78 is 11.0. The van der Waals surface area contributed by atoms with Gasteiger partial charge in [0.1, 0.15) is 6.61 Å². The van der Waals surface area contributed by atoms with Gasteiger partial charge in [-0.25, -0.2) is 4.79 Å². The molecule has 0 aliphatic rings. The standard InChI is InChI=1S/C17H13BrCl2O3/c1-22-16(21)7-4-12-8-14(18)17(15(20)9-12)23-10-11-2-5-13(19)6-3-11/h2-9H,10H2,1H3/b7-4+. The van der Waals surface area contributed by atoms with Gasteiger partial charge in [-0.15, -0.1) is 0 Å². The minimum absolute atomic E-state index is 0.368. The number of carbonyl (C=O) groups is 1. The lowest BCUT2D eigenvalue weighted by molar-refractivity contribution is -0.134. The van der Waals surface area contributed by atoms with Crippen LogP contribution in [0.3, 0.4) is 0 Å². The van der Waals surface area contributed by atoms with E-state index in [0.717, 1.165) is 11.1 Å². The van der Waals surface area contributed by atoms with Crippen LogP contribution in [-0.4, -0.2) is 13.1 Å². The normalized spacial score (nSPS) is 10.8. The van der Waals surface area contributed by atoms with Crippen molar-refractivity contribution in [2.45, 2.75) is 6.61 Å². The largest absolute Gasteiger partial charge is 0.486 e. The molecular formula is C17H13BrCl2O3. The van der Waals surface area contributed by atoms with E-state index in [9.17, 15) is 4.79 Å². The molecule has 3 nitrogen and oxygen atoms in total. The molecule has 6 heteroatoms. The fraction of sp³-hybridized carbons (Fsp3) is 0.118. The molecule has 0 aliphatic heterocycles. The van der Waals surface area contributed by atoms with E-state index in [4.69, 9.17) is 27.9 Å². The highest BCUT2D eigenvalue weighted by atomic mass is 79.9. The fourth-order valence-electron chi connectivity index (χ4n) is 1.78. The molecule has 0 aromatic heterocycles. The summed E-state index contributed by atoms with van der Waals surface area (Å²) in [7, 11) is 1.32. The summed E-state index contributed by atoms with van der Waals surface area (Å²) in [6.45, 7) is 0.368. The van der Waals surface area contributed by atoms with Crippen LogP contribution in [0.4, 0.5) is 0 Å². The molecule has 0 aliphatic carbocycles. The molecule has 0 heterocycles. The number of benzene rings is 2. The Hall–Kier alpha value is -1.49. The van der Waals surface area contributed by atoms with Gasteiger partial charge >= 0.3 is 5.97 Å². The van der Waals surface area contributed by atoms with E-state index in [1.165, 1.54) is 13.2 Å². The SMILES string of the molecule is COC(=O)/C=C/c1cc(Cl)c(OCc2ccc(Cl)cc2)c(Br)c1. The van der Waals surface area contributed by atoms with Gasteiger partial charge in [0, 0.05) is 11.1 Å². The summed E-state index contributed by atoms with van der Waals surface area (Å²) in [5.41, 5.74) is 1.73. The van der Waals surface area contributed by atoms with Crippen LogP contribution < -0.4 is 4.74 Å². The van der Waals surface area contributed by atoms with Crippen LogP contribution in [0.15, 0.2) is 46.9 Å². The van der Waals surface area contributed by atoms with Crippen molar-refractivity contribution >= 4 is 51.2 Å². The maximum absolute atomic E-state index is 11.1. The van der Waals surface area contributed by atoms with Crippen molar-refractivity contribution in [3.63, 3.8) is 0 Å². The van der Waals surface area contributed by atoms with E-state index in [-0.39, 0.29) is 0 Å². The first kappa shape index (κ1) is 17.9. The van der Waals surface area contributed by atoms with E-state index >= 15 is 0 Å². The molecule has 0 unspecified atom stereocenters. The molecule has 0 saturated heterocycles. The van der Waals surface area contributed by atoms with Crippen molar-refractivity contribution in [1.29, 1.82) is 0 Å².